The number of halogens is 1. The molecule has 0 heterocycles. The van der Waals surface area contributed by atoms with Gasteiger partial charge in [0.2, 0.25) is 0 Å². The van der Waals surface area contributed by atoms with E-state index in [0.29, 0.717) is 6.10 Å². The number of methoxy groups -OCH3 is 1. The standard InChI is InChI=1S/C7H13IO/c1-9-7-4-2-6(8)3-5-7/h6-7H,2-5H2,1H3. The second kappa shape index (κ2) is 3.76. The van der Waals surface area contributed by atoms with Gasteiger partial charge in [0, 0.05) is 11.0 Å². The van der Waals surface area contributed by atoms with E-state index >= 15 is 0 Å². The monoisotopic (exact) mass is 240 g/mol. The fourth-order valence-electron chi connectivity index (χ4n) is 1.26. The molecule has 1 aliphatic rings. The molecule has 9 heavy (non-hydrogen) atoms. The van der Waals surface area contributed by atoms with Crippen LogP contribution in [0, 0.1) is 0 Å². The largest absolute Gasteiger partial charge is 0.381 e. The van der Waals surface area contributed by atoms with Crippen molar-refractivity contribution in [3.63, 3.8) is 0 Å². The molecule has 1 nitrogen and oxygen atoms in total. The number of hydrogen-bond donors (Lipinski definition) is 0. The average molecular weight is 240 g/mol. The fraction of sp³-hybridized carbons (Fsp3) is 1.00. The molecule has 1 saturated carbocycles. The third kappa shape index (κ3) is 2.42. The van der Waals surface area contributed by atoms with Gasteiger partial charge >= 0.3 is 0 Å². The highest BCUT2D eigenvalue weighted by Crippen LogP contribution is 2.25. The summed E-state index contributed by atoms with van der Waals surface area (Å²) >= 11 is 2.53. The van der Waals surface area contributed by atoms with Crippen LogP contribution in [0.1, 0.15) is 25.7 Å². The average Bonchev–Trinajstić information content (AvgIpc) is 1.90. The van der Waals surface area contributed by atoms with Crippen molar-refractivity contribution in [1.82, 2.24) is 0 Å². The quantitative estimate of drug-likeness (QED) is 0.505. The number of hydrogen-bond acceptors (Lipinski definition) is 1. The Labute approximate surface area is 70.3 Å². The smallest absolute Gasteiger partial charge is 0.0572 e. The molecule has 0 saturated heterocycles. The first-order valence-electron chi connectivity index (χ1n) is 3.50. The van der Waals surface area contributed by atoms with Gasteiger partial charge in [0.15, 0.2) is 0 Å². The van der Waals surface area contributed by atoms with E-state index in [0.717, 1.165) is 3.92 Å². The molecule has 54 valence electrons. The van der Waals surface area contributed by atoms with Crippen molar-refractivity contribution in [3.8, 4) is 0 Å². The van der Waals surface area contributed by atoms with E-state index in [1.165, 1.54) is 25.7 Å². The molecule has 0 aromatic heterocycles. The molecule has 0 aromatic carbocycles. The highest BCUT2D eigenvalue weighted by molar-refractivity contribution is 14.1. The van der Waals surface area contributed by atoms with Crippen LogP contribution in [-0.2, 0) is 4.74 Å². The zero-order valence-corrected chi connectivity index (χ0v) is 7.93. The van der Waals surface area contributed by atoms with Gasteiger partial charge in [-0.1, -0.05) is 22.6 Å². The normalized spacial score (nSPS) is 36.7. The Morgan fingerprint density at radius 2 is 1.78 bits per heavy atom. The zero-order chi connectivity index (χ0) is 6.69. The summed E-state index contributed by atoms with van der Waals surface area (Å²) in [6.07, 6.45) is 5.79. The summed E-state index contributed by atoms with van der Waals surface area (Å²) in [5.74, 6) is 0. The van der Waals surface area contributed by atoms with Crippen molar-refractivity contribution in [1.29, 1.82) is 0 Å². The summed E-state index contributed by atoms with van der Waals surface area (Å²) < 4.78 is 6.15. The molecule has 0 radical (unpaired) electrons. The molecule has 0 atom stereocenters. The van der Waals surface area contributed by atoms with E-state index < -0.39 is 0 Å². The van der Waals surface area contributed by atoms with E-state index in [2.05, 4.69) is 22.6 Å². The van der Waals surface area contributed by atoms with E-state index in [4.69, 9.17) is 4.74 Å². The lowest BCUT2D eigenvalue weighted by atomic mass is 9.98. The maximum Gasteiger partial charge on any atom is 0.0572 e. The highest BCUT2D eigenvalue weighted by atomic mass is 127. The van der Waals surface area contributed by atoms with Gasteiger partial charge in [0.1, 0.15) is 0 Å². The van der Waals surface area contributed by atoms with E-state index in [9.17, 15) is 0 Å². The molecule has 0 aromatic rings. The predicted octanol–water partition coefficient (Wildman–Crippen LogP) is 2.38. The Morgan fingerprint density at radius 1 is 1.22 bits per heavy atom. The van der Waals surface area contributed by atoms with Gasteiger partial charge in [0.25, 0.3) is 0 Å². The first kappa shape index (κ1) is 7.79. The van der Waals surface area contributed by atoms with Gasteiger partial charge in [-0.25, -0.2) is 0 Å². The van der Waals surface area contributed by atoms with Crippen LogP contribution < -0.4 is 0 Å². The minimum Gasteiger partial charge on any atom is -0.381 e. The van der Waals surface area contributed by atoms with Crippen LogP contribution in [-0.4, -0.2) is 17.1 Å². The zero-order valence-electron chi connectivity index (χ0n) is 5.77. The van der Waals surface area contributed by atoms with Crippen LogP contribution in [0.3, 0.4) is 0 Å². The van der Waals surface area contributed by atoms with Crippen molar-refractivity contribution in [2.75, 3.05) is 7.11 Å². The molecule has 0 unspecified atom stereocenters. The van der Waals surface area contributed by atoms with Crippen LogP contribution in [0.5, 0.6) is 0 Å². The maximum absolute atomic E-state index is 5.24. The summed E-state index contributed by atoms with van der Waals surface area (Å²) in [5.41, 5.74) is 0. The van der Waals surface area contributed by atoms with Crippen molar-refractivity contribution >= 4 is 22.6 Å². The minimum atomic E-state index is 0.566. The molecule has 0 bridgehead atoms. The minimum absolute atomic E-state index is 0.566. The Kier molecular flexibility index (Phi) is 3.26. The number of rotatable bonds is 1. The number of alkyl halides is 1. The molecule has 1 aliphatic carbocycles. The summed E-state index contributed by atoms with van der Waals surface area (Å²) in [6, 6.07) is 0. The fourth-order valence-corrected chi connectivity index (χ4v) is 1.98. The van der Waals surface area contributed by atoms with Gasteiger partial charge in [0.05, 0.1) is 6.10 Å². The highest BCUT2D eigenvalue weighted by Gasteiger charge is 2.17. The van der Waals surface area contributed by atoms with Gasteiger partial charge < -0.3 is 4.74 Å². The van der Waals surface area contributed by atoms with Crippen molar-refractivity contribution in [2.24, 2.45) is 0 Å². The van der Waals surface area contributed by atoms with Crippen LogP contribution in [0.2, 0.25) is 0 Å². The number of ether oxygens (including phenoxy) is 1. The van der Waals surface area contributed by atoms with Crippen molar-refractivity contribution in [2.45, 2.75) is 35.7 Å². The lowest BCUT2D eigenvalue weighted by Crippen LogP contribution is -2.19. The first-order chi connectivity index (χ1) is 4.33. The molecule has 2 heteroatoms. The van der Waals surface area contributed by atoms with Gasteiger partial charge in [-0.05, 0) is 25.7 Å². The van der Waals surface area contributed by atoms with Gasteiger partial charge in [-0.15, -0.1) is 0 Å². The van der Waals surface area contributed by atoms with E-state index in [1.807, 2.05) is 7.11 Å². The van der Waals surface area contributed by atoms with Crippen LogP contribution in [0.25, 0.3) is 0 Å². The van der Waals surface area contributed by atoms with Crippen molar-refractivity contribution < 1.29 is 4.74 Å². The van der Waals surface area contributed by atoms with E-state index in [-0.39, 0.29) is 0 Å². The Hall–Kier alpha value is 0.690. The Balaban J connectivity index is 2.18. The molecule has 1 fully saturated rings. The molecule has 1 rings (SSSR count). The second-order valence-electron chi connectivity index (χ2n) is 2.61. The third-order valence-electron chi connectivity index (χ3n) is 1.94. The summed E-state index contributed by atoms with van der Waals surface area (Å²) in [7, 11) is 1.82. The molecular weight excluding hydrogens is 227 g/mol. The topological polar surface area (TPSA) is 9.23 Å². The predicted molar refractivity (Wildman–Crippen MR) is 47.1 cm³/mol. The van der Waals surface area contributed by atoms with Crippen molar-refractivity contribution in [3.05, 3.63) is 0 Å². The summed E-state index contributed by atoms with van der Waals surface area (Å²) in [5, 5.41) is 0. The van der Waals surface area contributed by atoms with Crippen LogP contribution in [0.4, 0.5) is 0 Å². The Bertz CT molecular complexity index is 77.0. The summed E-state index contributed by atoms with van der Waals surface area (Å²) in [4.78, 5) is 0. The Morgan fingerprint density at radius 3 is 2.22 bits per heavy atom. The van der Waals surface area contributed by atoms with Crippen LogP contribution in [0.15, 0.2) is 0 Å². The first-order valence-corrected chi connectivity index (χ1v) is 4.74. The molecule has 0 spiro atoms. The van der Waals surface area contributed by atoms with E-state index in [1.54, 1.807) is 0 Å². The molecule has 0 aliphatic heterocycles. The molecule has 0 N–H and O–H groups in total. The summed E-state index contributed by atoms with van der Waals surface area (Å²) in [6.45, 7) is 0. The lowest BCUT2D eigenvalue weighted by molar-refractivity contribution is 0.0734. The second-order valence-corrected chi connectivity index (χ2v) is 4.37. The lowest BCUT2D eigenvalue weighted by Gasteiger charge is -2.23. The maximum atomic E-state index is 5.24. The van der Waals surface area contributed by atoms with Gasteiger partial charge in [-0.3, -0.25) is 0 Å². The van der Waals surface area contributed by atoms with Crippen LogP contribution >= 0.6 is 22.6 Å². The molecular formula is C7H13IO. The third-order valence-corrected chi connectivity index (χ3v) is 3.18. The SMILES string of the molecule is COC1CCC(I)CC1. The van der Waals surface area contributed by atoms with Gasteiger partial charge in [-0.2, -0.15) is 0 Å². The molecule has 0 amide bonds.